The fourth-order valence-electron chi connectivity index (χ4n) is 1.69. The lowest BCUT2D eigenvalue weighted by Crippen LogP contribution is -1.88. The summed E-state index contributed by atoms with van der Waals surface area (Å²) in [7, 11) is 1.92. The average Bonchev–Trinajstić information content (AvgIpc) is 2.86. The maximum absolute atomic E-state index is 4.29. The van der Waals surface area contributed by atoms with E-state index in [-0.39, 0.29) is 0 Å². The zero-order chi connectivity index (χ0) is 11.1. The number of aryl methyl sites for hydroxylation is 1. The van der Waals surface area contributed by atoms with Gasteiger partial charge in [0, 0.05) is 30.6 Å². The number of halogens is 1. The molecule has 0 fully saturated rings. The van der Waals surface area contributed by atoms with Gasteiger partial charge < -0.3 is 0 Å². The molecule has 80 valence electrons. The Balaban J connectivity index is 2.21. The number of pyridine rings is 1. The number of nitrogens with zero attached hydrogens (tertiary/aromatic N) is 4. The lowest BCUT2D eigenvalue weighted by molar-refractivity contribution is 0.768. The van der Waals surface area contributed by atoms with Gasteiger partial charge in [-0.05, 0) is 34.7 Å². The van der Waals surface area contributed by atoms with Crippen LogP contribution >= 0.6 is 22.6 Å². The van der Waals surface area contributed by atoms with Crippen molar-refractivity contribution >= 4 is 28.2 Å². The molecule has 3 rings (SSSR count). The summed E-state index contributed by atoms with van der Waals surface area (Å²) in [4.78, 5) is 4.29. The van der Waals surface area contributed by atoms with Gasteiger partial charge in [-0.25, -0.2) is 4.98 Å². The van der Waals surface area contributed by atoms with Crippen LogP contribution in [0, 0.1) is 3.70 Å². The van der Waals surface area contributed by atoms with Crippen molar-refractivity contribution < 1.29 is 0 Å². The molecule has 0 saturated heterocycles. The van der Waals surface area contributed by atoms with Crippen molar-refractivity contribution in [2.24, 2.45) is 7.05 Å². The lowest BCUT2D eigenvalue weighted by atomic mass is 10.2. The molecular weight excluding hydrogens is 315 g/mol. The van der Waals surface area contributed by atoms with E-state index in [4.69, 9.17) is 0 Å². The van der Waals surface area contributed by atoms with Gasteiger partial charge in [-0.1, -0.05) is 0 Å². The van der Waals surface area contributed by atoms with Crippen LogP contribution in [0.25, 0.3) is 16.8 Å². The summed E-state index contributed by atoms with van der Waals surface area (Å²) in [5, 5.41) is 4.17. The van der Waals surface area contributed by atoms with Gasteiger partial charge in [-0.2, -0.15) is 5.10 Å². The second-order valence-electron chi connectivity index (χ2n) is 3.63. The highest BCUT2D eigenvalue weighted by molar-refractivity contribution is 14.1. The Morgan fingerprint density at radius 2 is 2.00 bits per heavy atom. The van der Waals surface area contributed by atoms with Gasteiger partial charge in [-0.3, -0.25) is 9.08 Å². The molecule has 0 atom stereocenters. The normalized spacial score (nSPS) is 11.1. The number of hydrogen-bond donors (Lipinski definition) is 0. The summed E-state index contributed by atoms with van der Waals surface area (Å²) in [6, 6.07) is 4.08. The van der Waals surface area contributed by atoms with Crippen molar-refractivity contribution in [2.45, 2.75) is 0 Å². The van der Waals surface area contributed by atoms with Crippen LogP contribution in [0.4, 0.5) is 0 Å². The molecule has 0 amide bonds. The van der Waals surface area contributed by atoms with Crippen molar-refractivity contribution in [2.75, 3.05) is 0 Å². The molecule has 0 aliphatic rings. The summed E-state index contributed by atoms with van der Waals surface area (Å²) >= 11 is 2.27. The number of fused-ring (bicyclic) bond motifs is 1. The van der Waals surface area contributed by atoms with Gasteiger partial charge >= 0.3 is 0 Å². The minimum Gasteiger partial charge on any atom is -0.294 e. The first-order valence-electron chi connectivity index (χ1n) is 4.86. The van der Waals surface area contributed by atoms with E-state index < -0.39 is 0 Å². The third kappa shape index (κ3) is 1.51. The Kier molecular flexibility index (Phi) is 2.20. The minimum atomic E-state index is 0.969. The van der Waals surface area contributed by atoms with Crippen LogP contribution in [0.5, 0.6) is 0 Å². The number of imidazole rings is 1. The molecule has 3 aromatic rings. The van der Waals surface area contributed by atoms with Crippen molar-refractivity contribution in [3.8, 4) is 11.1 Å². The van der Waals surface area contributed by atoms with E-state index in [1.807, 2.05) is 31.7 Å². The molecule has 0 radical (unpaired) electrons. The van der Waals surface area contributed by atoms with Crippen LogP contribution in [-0.2, 0) is 7.05 Å². The third-order valence-electron chi connectivity index (χ3n) is 2.50. The predicted octanol–water partition coefficient (Wildman–Crippen LogP) is 2.34. The smallest absolute Gasteiger partial charge is 0.137 e. The van der Waals surface area contributed by atoms with Crippen LogP contribution < -0.4 is 0 Å². The Morgan fingerprint density at radius 1 is 1.12 bits per heavy atom. The molecule has 0 N–H and O–H groups in total. The molecule has 3 heterocycles. The lowest BCUT2D eigenvalue weighted by Gasteiger charge is -2.00. The molecule has 0 bridgehead atoms. The summed E-state index contributed by atoms with van der Waals surface area (Å²) < 4.78 is 4.99. The molecule has 16 heavy (non-hydrogen) atoms. The molecule has 5 heteroatoms. The van der Waals surface area contributed by atoms with Crippen LogP contribution in [0.1, 0.15) is 0 Å². The monoisotopic (exact) mass is 324 g/mol. The molecule has 0 saturated carbocycles. The fraction of sp³-hybridized carbons (Fsp3) is 0.0909. The summed E-state index contributed by atoms with van der Waals surface area (Å²) in [5.74, 6) is 0. The quantitative estimate of drug-likeness (QED) is 0.644. The van der Waals surface area contributed by atoms with E-state index in [2.05, 4.69) is 49.3 Å². The van der Waals surface area contributed by atoms with Gasteiger partial charge in [0.15, 0.2) is 0 Å². The van der Waals surface area contributed by atoms with Gasteiger partial charge in [-0.15, -0.1) is 0 Å². The second kappa shape index (κ2) is 3.58. The molecule has 3 aromatic heterocycles. The standard InChI is InChI=1S/C11H9IN4/c1-15-6-9(4-14-15)8-2-3-11-13-5-10(12)16(11)7-8/h2-7H,1H3. The number of hydrogen-bond acceptors (Lipinski definition) is 2. The third-order valence-corrected chi connectivity index (χ3v) is 3.30. The van der Waals surface area contributed by atoms with E-state index in [0.717, 1.165) is 20.5 Å². The Bertz CT molecular complexity index is 653. The van der Waals surface area contributed by atoms with E-state index >= 15 is 0 Å². The molecule has 0 aromatic carbocycles. The number of aromatic nitrogens is 4. The molecule has 0 spiro atoms. The highest BCUT2D eigenvalue weighted by Gasteiger charge is 2.04. The predicted molar refractivity (Wildman–Crippen MR) is 70.1 cm³/mol. The van der Waals surface area contributed by atoms with Gasteiger partial charge in [0.05, 0.1) is 12.4 Å². The molecule has 0 aliphatic heterocycles. The van der Waals surface area contributed by atoms with E-state index in [1.165, 1.54) is 0 Å². The molecule has 4 nitrogen and oxygen atoms in total. The van der Waals surface area contributed by atoms with Crippen molar-refractivity contribution in [1.82, 2.24) is 19.2 Å². The zero-order valence-corrected chi connectivity index (χ0v) is 10.8. The summed E-state index contributed by atoms with van der Waals surface area (Å²) in [5.41, 5.74) is 3.24. The SMILES string of the molecule is Cn1cc(-c2ccc3ncc(I)n3c2)cn1. The van der Waals surface area contributed by atoms with Crippen molar-refractivity contribution in [3.63, 3.8) is 0 Å². The minimum absolute atomic E-state index is 0.969. The highest BCUT2D eigenvalue weighted by atomic mass is 127. The van der Waals surface area contributed by atoms with E-state index in [9.17, 15) is 0 Å². The average molecular weight is 324 g/mol. The highest BCUT2D eigenvalue weighted by Crippen LogP contribution is 2.20. The van der Waals surface area contributed by atoms with Crippen LogP contribution in [0.15, 0.2) is 36.9 Å². The van der Waals surface area contributed by atoms with Gasteiger partial charge in [0.25, 0.3) is 0 Å². The maximum atomic E-state index is 4.29. The van der Waals surface area contributed by atoms with Crippen LogP contribution in [0.3, 0.4) is 0 Å². The van der Waals surface area contributed by atoms with E-state index in [0.29, 0.717) is 0 Å². The summed E-state index contributed by atoms with van der Waals surface area (Å²) in [6.07, 6.45) is 7.82. The van der Waals surface area contributed by atoms with Crippen LogP contribution in [-0.4, -0.2) is 19.2 Å². The van der Waals surface area contributed by atoms with Crippen molar-refractivity contribution in [3.05, 3.63) is 40.6 Å². The molecule has 0 aliphatic carbocycles. The Labute approximate surface area is 106 Å². The van der Waals surface area contributed by atoms with Crippen molar-refractivity contribution in [1.29, 1.82) is 0 Å². The Hall–Kier alpha value is -1.37. The largest absolute Gasteiger partial charge is 0.294 e. The van der Waals surface area contributed by atoms with E-state index in [1.54, 1.807) is 4.68 Å². The molecular formula is C11H9IN4. The second-order valence-corrected chi connectivity index (χ2v) is 4.73. The van der Waals surface area contributed by atoms with Crippen LogP contribution in [0.2, 0.25) is 0 Å². The fourth-order valence-corrected chi connectivity index (χ4v) is 2.22. The van der Waals surface area contributed by atoms with Gasteiger partial charge in [0.1, 0.15) is 9.35 Å². The number of rotatable bonds is 1. The first-order chi connectivity index (χ1) is 7.74. The van der Waals surface area contributed by atoms with Gasteiger partial charge in [0.2, 0.25) is 0 Å². The topological polar surface area (TPSA) is 35.1 Å². The first kappa shape index (κ1) is 9.83. The zero-order valence-electron chi connectivity index (χ0n) is 8.63. The first-order valence-corrected chi connectivity index (χ1v) is 5.93. The summed E-state index contributed by atoms with van der Waals surface area (Å²) in [6.45, 7) is 0. The maximum Gasteiger partial charge on any atom is 0.137 e. The molecule has 0 unspecified atom stereocenters. The Morgan fingerprint density at radius 3 is 2.75 bits per heavy atom.